The van der Waals surface area contributed by atoms with Crippen molar-refractivity contribution in [3.63, 3.8) is 0 Å². The Morgan fingerprint density at radius 2 is 1.69 bits per heavy atom. The molecule has 6 nitrogen and oxygen atoms in total. The average Bonchev–Trinajstić information content (AvgIpc) is 3.13. The van der Waals surface area contributed by atoms with Crippen molar-refractivity contribution in [2.45, 2.75) is 19.8 Å². The Labute approximate surface area is 161 Å². The number of piperazine rings is 1. The number of rotatable bonds is 3. The summed E-state index contributed by atoms with van der Waals surface area (Å²) in [5, 5.41) is 0.598. The Bertz CT molecular complexity index is 827. The van der Waals surface area contributed by atoms with E-state index in [0.29, 0.717) is 48.2 Å². The van der Waals surface area contributed by atoms with Crippen LogP contribution in [0.5, 0.6) is 0 Å². The summed E-state index contributed by atoms with van der Waals surface area (Å²) in [4.78, 5) is 32.8. The van der Waals surface area contributed by atoms with Crippen LogP contribution >= 0.6 is 23.2 Å². The minimum atomic E-state index is -0.186. The number of amides is 2. The second kappa shape index (κ2) is 7.68. The van der Waals surface area contributed by atoms with Crippen LogP contribution < -0.4 is 0 Å². The Kier molecular flexibility index (Phi) is 5.53. The third kappa shape index (κ3) is 3.57. The van der Waals surface area contributed by atoms with Crippen molar-refractivity contribution in [2.24, 2.45) is 0 Å². The van der Waals surface area contributed by atoms with Gasteiger partial charge in [-0.2, -0.15) is 0 Å². The molecule has 0 spiro atoms. The minimum Gasteiger partial charge on any atom is -0.447 e. The molecule has 0 atom stereocenters. The van der Waals surface area contributed by atoms with Gasteiger partial charge in [-0.1, -0.05) is 43.1 Å². The standard InChI is InChI=1S/C18H19Cl2N3O3/c1-11(2)16-15(21-10-26-16)18(25)23-8-6-22(7-9-23)17(24)12-4-3-5-13(19)14(12)20/h3-5,10-11H,6-9H2,1-2H3. The van der Waals surface area contributed by atoms with Gasteiger partial charge >= 0.3 is 0 Å². The molecule has 1 aliphatic rings. The second-order valence-corrected chi connectivity index (χ2v) is 7.19. The number of nitrogens with zero attached hydrogens (tertiary/aromatic N) is 3. The van der Waals surface area contributed by atoms with Crippen LogP contribution in [0.15, 0.2) is 29.0 Å². The number of hydrogen-bond donors (Lipinski definition) is 0. The quantitative estimate of drug-likeness (QED) is 0.794. The fraction of sp³-hybridized carbons (Fsp3) is 0.389. The maximum Gasteiger partial charge on any atom is 0.276 e. The molecule has 138 valence electrons. The van der Waals surface area contributed by atoms with Crippen molar-refractivity contribution in [1.29, 1.82) is 0 Å². The number of halogens is 2. The Morgan fingerprint density at radius 3 is 2.31 bits per heavy atom. The highest BCUT2D eigenvalue weighted by atomic mass is 35.5. The van der Waals surface area contributed by atoms with Gasteiger partial charge in [0.05, 0.1) is 15.6 Å². The predicted octanol–water partition coefficient (Wildman–Crippen LogP) is 3.70. The largest absolute Gasteiger partial charge is 0.447 e. The number of carbonyl (C=O) groups excluding carboxylic acids is 2. The van der Waals surface area contributed by atoms with Crippen molar-refractivity contribution in [1.82, 2.24) is 14.8 Å². The molecule has 3 rings (SSSR count). The van der Waals surface area contributed by atoms with Crippen LogP contribution in [0.3, 0.4) is 0 Å². The summed E-state index contributed by atoms with van der Waals surface area (Å²) in [6, 6.07) is 4.99. The number of oxazole rings is 1. The molecule has 2 amide bonds. The fourth-order valence-electron chi connectivity index (χ4n) is 2.93. The van der Waals surface area contributed by atoms with Gasteiger partial charge in [-0.3, -0.25) is 9.59 Å². The third-order valence-corrected chi connectivity index (χ3v) is 5.18. The normalized spacial score (nSPS) is 14.8. The van der Waals surface area contributed by atoms with E-state index in [9.17, 15) is 9.59 Å². The number of benzene rings is 1. The van der Waals surface area contributed by atoms with Gasteiger partial charge in [0.25, 0.3) is 11.8 Å². The first-order valence-corrected chi connectivity index (χ1v) is 9.11. The number of carbonyl (C=O) groups is 2. The van der Waals surface area contributed by atoms with E-state index in [1.807, 2.05) is 13.8 Å². The van der Waals surface area contributed by atoms with Crippen LogP contribution in [0.4, 0.5) is 0 Å². The highest BCUT2D eigenvalue weighted by Crippen LogP contribution is 2.27. The Balaban J connectivity index is 1.67. The van der Waals surface area contributed by atoms with E-state index < -0.39 is 0 Å². The van der Waals surface area contributed by atoms with Gasteiger partial charge in [0.15, 0.2) is 12.1 Å². The molecule has 26 heavy (non-hydrogen) atoms. The van der Waals surface area contributed by atoms with E-state index in [4.69, 9.17) is 27.6 Å². The smallest absolute Gasteiger partial charge is 0.276 e. The summed E-state index contributed by atoms with van der Waals surface area (Å²) in [5.74, 6) is 0.299. The molecule has 1 aromatic heterocycles. The zero-order valence-corrected chi connectivity index (χ0v) is 16.0. The lowest BCUT2D eigenvalue weighted by atomic mass is 10.1. The van der Waals surface area contributed by atoms with Gasteiger partial charge in [-0.05, 0) is 12.1 Å². The lowest BCUT2D eigenvalue weighted by Gasteiger charge is -2.34. The summed E-state index contributed by atoms with van der Waals surface area (Å²) in [7, 11) is 0. The minimum absolute atomic E-state index is 0.0734. The summed E-state index contributed by atoms with van der Waals surface area (Å²) in [5.41, 5.74) is 0.718. The molecule has 0 N–H and O–H groups in total. The molecular weight excluding hydrogens is 377 g/mol. The van der Waals surface area contributed by atoms with Crippen LogP contribution in [-0.2, 0) is 0 Å². The number of hydrogen-bond acceptors (Lipinski definition) is 4. The topological polar surface area (TPSA) is 66.7 Å². The summed E-state index contributed by atoms with van der Waals surface area (Å²) in [6.45, 7) is 5.58. The molecule has 2 aromatic rings. The molecule has 0 unspecified atom stereocenters. The molecule has 0 bridgehead atoms. The van der Waals surface area contributed by atoms with Gasteiger partial charge in [0.2, 0.25) is 0 Å². The maximum atomic E-state index is 12.7. The number of aromatic nitrogens is 1. The van der Waals surface area contributed by atoms with E-state index in [-0.39, 0.29) is 22.8 Å². The Hall–Kier alpha value is -2.05. The Morgan fingerprint density at radius 1 is 1.08 bits per heavy atom. The molecule has 0 aliphatic carbocycles. The van der Waals surface area contributed by atoms with Crippen LogP contribution in [0, 0.1) is 0 Å². The van der Waals surface area contributed by atoms with Gasteiger partial charge < -0.3 is 14.2 Å². The monoisotopic (exact) mass is 395 g/mol. The first-order chi connectivity index (χ1) is 12.4. The van der Waals surface area contributed by atoms with Crippen LogP contribution in [0.2, 0.25) is 10.0 Å². The molecule has 1 aromatic carbocycles. The lowest BCUT2D eigenvalue weighted by molar-refractivity contribution is 0.0531. The molecule has 1 aliphatic heterocycles. The van der Waals surface area contributed by atoms with E-state index in [0.717, 1.165) is 0 Å². The van der Waals surface area contributed by atoms with E-state index in [1.54, 1.807) is 28.0 Å². The van der Waals surface area contributed by atoms with Crippen LogP contribution in [-0.4, -0.2) is 52.8 Å². The first-order valence-electron chi connectivity index (χ1n) is 8.36. The van der Waals surface area contributed by atoms with Gasteiger partial charge in [-0.15, -0.1) is 0 Å². The average molecular weight is 396 g/mol. The molecule has 1 fully saturated rings. The fourth-order valence-corrected chi connectivity index (χ4v) is 3.31. The predicted molar refractivity (Wildman–Crippen MR) is 98.9 cm³/mol. The van der Waals surface area contributed by atoms with Crippen molar-refractivity contribution in [3.05, 3.63) is 51.7 Å². The van der Waals surface area contributed by atoms with Crippen molar-refractivity contribution in [3.8, 4) is 0 Å². The summed E-state index contributed by atoms with van der Waals surface area (Å²) < 4.78 is 5.33. The van der Waals surface area contributed by atoms with Crippen LogP contribution in [0.25, 0.3) is 0 Å². The molecule has 1 saturated heterocycles. The summed E-state index contributed by atoms with van der Waals surface area (Å²) in [6.07, 6.45) is 1.30. The van der Waals surface area contributed by atoms with Crippen molar-refractivity contribution >= 4 is 35.0 Å². The molecular formula is C18H19Cl2N3O3. The molecule has 0 saturated carbocycles. The van der Waals surface area contributed by atoms with E-state index in [2.05, 4.69) is 4.98 Å². The highest BCUT2D eigenvalue weighted by Gasteiger charge is 2.29. The molecule has 2 heterocycles. The van der Waals surface area contributed by atoms with Crippen molar-refractivity contribution < 1.29 is 14.0 Å². The first kappa shape index (κ1) is 18.7. The maximum absolute atomic E-state index is 12.7. The lowest BCUT2D eigenvalue weighted by Crippen LogP contribution is -2.50. The highest BCUT2D eigenvalue weighted by molar-refractivity contribution is 6.43. The SMILES string of the molecule is CC(C)c1ocnc1C(=O)N1CCN(C(=O)c2cccc(Cl)c2Cl)CC1. The zero-order valence-electron chi connectivity index (χ0n) is 14.5. The van der Waals surface area contributed by atoms with Crippen LogP contribution in [0.1, 0.15) is 46.4 Å². The van der Waals surface area contributed by atoms with Gasteiger partial charge in [0, 0.05) is 32.1 Å². The van der Waals surface area contributed by atoms with E-state index in [1.165, 1.54) is 6.39 Å². The molecule has 0 radical (unpaired) electrons. The van der Waals surface area contributed by atoms with Gasteiger partial charge in [-0.25, -0.2) is 4.98 Å². The van der Waals surface area contributed by atoms with E-state index >= 15 is 0 Å². The van der Waals surface area contributed by atoms with Crippen molar-refractivity contribution in [2.75, 3.05) is 26.2 Å². The summed E-state index contributed by atoms with van der Waals surface area (Å²) >= 11 is 12.1. The second-order valence-electron chi connectivity index (χ2n) is 6.41. The van der Waals surface area contributed by atoms with Gasteiger partial charge in [0.1, 0.15) is 5.76 Å². The zero-order chi connectivity index (χ0) is 18.8. The molecule has 8 heteroatoms. The third-order valence-electron chi connectivity index (χ3n) is 4.36.